The molecule has 0 atom stereocenters. The third-order valence-corrected chi connectivity index (χ3v) is 7.69. The summed E-state index contributed by atoms with van der Waals surface area (Å²) in [5.41, 5.74) is 1.81. The van der Waals surface area contributed by atoms with Gasteiger partial charge in [-0.25, -0.2) is 8.42 Å². The first-order chi connectivity index (χ1) is 16.4. The molecule has 0 aliphatic carbocycles. The minimum atomic E-state index is -3.95. The SMILES string of the molecule is COc1ccc(C)cc1S(=O)(=O)N(CCc1ccccc1)CC(=O)NCCCN1CCOCC1. The monoisotopic (exact) mass is 489 g/mol. The van der Waals surface area contributed by atoms with Gasteiger partial charge >= 0.3 is 0 Å². The van der Waals surface area contributed by atoms with Crippen LogP contribution in [0.15, 0.2) is 53.4 Å². The van der Waals surface area contributed by atoms with Gasteiger partial charge in [0, 0.05) is 26.2 Å². The number of rotatable bonds is 12. The van der Waals surface area contributed by atoms with Gasteiger partial charge in [0.1, 0.15) is 10.6 Å². The van der Waals surface area contributed by atoms with Crippen LogP contribution in [0.5, 0.6) is 5.75 Å². The Labute approximate surface area is 202 Å². The molecule has 8 nitrogen and oxygen atoms in total. The van der Waals surface area contributed by atoms with Crippen molar-refractivity contribution >= 4 is 15.9 Å². The summed E-state index contributed by atoms with van der Waals surface area (Å²) in [6.07, 6.45) is 1.30. The normalized spacial score (nSPS) is 14.8. The number of aryl methyl sites for hydroxylation is 1. The molecule has 0 bridgehead atoms. The summed E-state index contributed by atoms with van der Waals surface area (Å²) in [6, 6.07) is 14.7. The molecule has 1 aliphatic rings. The number of sulfonamides is 1. The molecule has 0 radical (unpaired) electrons. The summed E-state index contributed by atoms with van der Waals surface area (Å²) < 4.78 is 39.1. The molecular weight excluding hydrogens is 454 g/mol. The number of hydrogen-bond donors (Lipinski definition) is 1. The summed E-state index contributed by atoms with van der Waals surface area (Å²) in [4.78, 5) is 15.1. The van der Waals surface area contributed by atoms with Crippen molar-refractivity contribution in [2.45, 2.75) is 24.7 Å². The molecule has 0 aromatic heterocycles. The fraction of sp³-hybridized carbons (Fsp3) is 0.480. The molecule has 2 aromatic rings. The summed E-state index contributed by atoms with van der Waals surface area (Å²) in [7, 11) is -2.51. The lowest BCUT2D eigenvalue weighted by molar-refractivity contribution is -0.121. The van der Waals surface area contributed by atoms with E-state index < -0.39 is 10.0 Å². The lowest BCUT2D eigenvalue weighted by Crippen LogP contribution is -2.43. The van der Waals surface area contributed by atoms with Gasteiger partial charge in [0.15, 0.2) is 0 Å². The molecule has 186 valence electrons. The highest BCUT2D eigenvalue weighted by molar-refractivity contribution is 7.89. The quantitative estimate of drug-likeness (QED) is 0.460. The minimum Gasteiger partial charge on any atom is -0.495 e. The van der Waals surface area contributed by atoms with E-state index in [1.807, 2.05) is 37.3 Å². The Morgan fingerprint density at radius 1 is 1.15 bits per heavy atom. The van der Waals surface area contributed by atoms with Crippen LogP contribution in [-0.2, 0) is 26.0 Å². The van der Waals surface area contributed by atoms with Gasteiger partial charge in [0.25, 0.3) is 0 Å². The molecule has 1 saturated heterocycles. The number of carbonyl (C=O) groups excluding carboxylic acids is 1. The number of methoxy groups -OCH3 is 1. The maximum atomic E-state index is 13.6. The van der Waals surface area contributed by atoms with E-state index >= 15 is 0 Å². The Morgan fingerprint density at radius 2 is 1.88 bits per heavy atom. The van der Waals surface area contributed by atoms with E-state index in [0.717, 1.165) is 50.4 Å². The third kappa shape index (κ3) is 7.53. The van der Waals surface area contributed by atoms with Crippen molar-refractivity contribution in [3.8, 4) is 5.75 Å². The molecule has 9 heteroatoms. The molecule has 1 N–H and O–H groups in total. The van der Waals surface area contributed by atoms with Crippen molar-refractivity contribution in [2.75, 3.05) is 59.6 Å². The molecule has 3 rings (SSSR count). The van der Waals surface area contributed by atoms with E-state index in [1.54, 1.807) is 18.2 Å². The molecule has 0 unspecified atom stereocenters. The van der Waals surface area contributed by atoms with E-state index in [4.69, 9.17) is 9.47 Å². The van der Waals surface area contributed by atoms with Crippen LogP contribution in [0.4, 0.5) is 0 Å². The zero-order valence-electron chi connectivity index (χ0n) is 20.0. The summed E-state index contributed by atoms with van der Waals surface area (Å²) in [5, 5.41) is 2.88. The van der Waals surface area contributed by atoms with Crippen molar-refractivity contribution in [1.29, 1.82) is 0 Å². The summed E-state index contributed by atoms with van der Waals surface area (Å²) in [6.45, 7) is 6.42. The van der Waals surface area contributed by atoms with Crippen molar-refractivity contribution in [1.82, 2.24) is 14.5 Å². The highest BCUT2D eigenvalue weighted by Crippen LogP contribution is 2.28. The van der Waals surface area contributed by atoms with E-state index in [1.165, 1.54) is 11.4 Å². The number of hydrogen-bond acceptors (Lipinski definition) is 6. The van der Waals surface area contributed by atoms with Gasteiger partial charge in [0.05, 0.1) is 26.9 Å². The van der Waals surface area contributed by atoms with Crippen molar-refractivity contribution in [3.63, 3.8) is 0 Å². The zero-order chi connectivity index (χ0) is 24.4. The van der Waals surface area contributed by atoms with Gasteiger partial charge in [-0.05, 0) is 49.6 Å². The molecule has 1 aliphatic heterocycles. The predicted molar refractivity (Wildman–Crippen MR) is 132 cm³/mol. The van der Waals surface area contributed by atoms with E-state index in [-0.39, 0.29) is 29.6 Å². The maximum Gasteiger partial charge on any atom is 0.247 e. The Balaban J connectivity index is 1.67. The maximum absolute atomic E-state index is 13.6. The standard InChI is InChI=1S/C25H35N3O5S/c1-21-9-10-23(32-2)24(19-21)34(30,31)28(14-11-22-7-4-3-5-8-22)20-25(29)26-12-6-13-27-15-17-33-18-16-27/h3-5,7-10,19H,6,11-18,20H2,1-2H3,(H,26,29). The molecule has 0 saturated carbocycles. The lowest BCUT2D eigenvalue weighted by Gasteiger charge is -2.26. The van der Waals surface area contributed by atoms with Crippen LogP contribution in [0.25, 0.3) is 0 Å². The van der Waals surface area contributed by atoms with Crippen LogP contribution < -0.4 is 10.1 Å². The summed E-state index contributed by atoms with van der Waals surface area (Å²) >= 11 is 0. The number of ether oxygens (including phenoxy) is 2. The number of carbonyl (C=O) groups is 1. The van der Waals surface area contributed by atoms with Gasteiger partial charge in [-0.2, -0.15) is 4.31 Å². The molecule has 1 fully saturated rings. The highest BCUT2D eigenvalue weighted by atomic mass is 32.2. The second-order valence-electron chi connectivity index (χ2n) is 8.39. The Hall–Kier alpha value is -2.46. The first kappa shape index (κ1) is 26.2. The third-order valence-electron chi connectivity index (χ3n) is 5.83. The molecule has 0 spiro atoms. The molecule has 1 amide bonds. The Kier molecular flexibility index (Phi) is 9.88. The Bertz CT molecular complexity index is 1020. The van der Waals surface area contributed by atoms with E-state index in [2.05, 4.69) is 10.2 Å². The van der Waals surface area contributed by atoms with Gasteiger partial charge in [-0.1, -0.05) is 36.4 Å². The number of nitrogens with one attached hydrogen (secondary N) is 1. The molecule has 34 heavy (non-hydrogen) atoms. The van der Waals surface area contributed by atoms with Crippen LogP contribution in [-0.4, -0.2) is 83.1 Å². The number of benzene rings is 2. The number of amides is 1. The van der Waals surface area contributed by atoms with Crippen LogP contribution >= 0.6 is 0 Å². The van der Waals surface area contributed by atoms with Crippen LogP contribution in [0.3, 0.4) is 0 Å². The second kappa shape index (κ2) is 12.9. The minimum absolute atomic E-state index is 0.0724. The molecular formula is C25H35N3O5S. The van der Waals surface area contributed by atoms with Gasteiger partial charge < -0.3 is 14.8 Å². The average molecular weight is 490 g/mol. The molecule has 1 heterocycles. The van der Waals surface area contributed by atoms with Gasteiger partial charge in [-0.15, -0.1) is 0 Å². The first-order valence-corrected chi connectivity index (χ1v) is 13.1. The lowest BCUT2D eigenvalue weighted by atomic mass is 10.1. The highest BCUT2D eigenvalue weighted by Gasteiger charge is 2.29. The zero-order valence-corrected chi connectivity index (χ0v) is 20.9. The van der Waals surface area contributed by atoms with Crippen molar-refractivity contribution < 1.29 is 22.7 Å². The van der Waals surface area contributed by atoms with Gasteiger partial charge in [-0.3, -0.25) is 9.69 Å². The summed E-state index contributed by atoms with van der Waals surface area (Å²) in [5.74, 6) is -0.0496. The van der Waals surface area contributed by atoms with Crippen molar-refractivity contribution in [2.24, 2.45) is 0 Å². The van der Waals surface area contributed by atoms with Crippen molar-refractivity contribution in [3.05, 3.63) is 59.7 Å². The number of morpholine rings is 1. The van der Waals surface area contributed by atoms with E-state index in [0.29, 0.717) is 13.0 Å². The van der Waals surface area contributed by atoms with Gasteiger partial charge in [0.2, 0.25) is 15.9 Å². The largest absolute Gasteiger partial charge is 0.495 e. The average Bonchev–Trinajstić information content (AvgIpc) is 2.85. The number of nitrogens with zero attached hydrogens (tertiary/aromatic N) is 2. The van der Waals surface area contributed by atoms with Crippen LogP contribution in [0, 0.1) is 6.92 Å². The predicted octanol–water partition coefficient (Wildman–Crippen LogP) is 2.08. The Morgan fingerprint density at radius 3 is 2.59 bits per heavy atom. The fourth-order valence-corrected chi connectivity index (χ4v) is 5.52. The smallest absolute Gasteiger partial charge is 0.247 e. The first-order valence-electron chi connectivity index (χ1n) is 11.7. The van der Waals surface area contributed by atoms with Crippen LogP contribution in [0.2, 0.25) is 0 Å². The molecule has 2 aromatic carbocycles. The second-order valence-corrected chi connectivity index (χ2v) is 10.3. The topological polar surface area (TPSA) is 88.2 Å². The fourth-order valence-electron chi connectivity index (χ4n) is 3.88. The van der Waals surface area contributed by atoms with Crippen LogP contribution in [0.1, 0.15) is 17.5 Å². The van der Waals surface area contributed by atoms with E-state index in [9.17, 15) is 13.2 Å².